The maximum Gasteiger partial charge on any atom is 0.129 e. The van der Waals surface area contributed by atoms with E-state index in [-0.39, 0.29) is 17.3 Å². The number of aromatic hydroxyl groups is 1. The largest absolute Gasteiger partial charge is 0.507 e. The summed E-state index contributed by atoms with van der Waals surface area (Å²) in [6.07, 6.45) is 0.609. The molecule has 2 atom stereocenters. The number of benzene rings is 1. The van der Waals surface area contributed by atoms with Crippen molar-refractivity contribution in [3.63, 3.8) is 0 Å². The molecule has 2 unspecified atom stereocenters. The van der Waals surface area contributed by atoms with Crippen molar-refractivity contribution >= 4 is 15.9 Å². The molecule has 0 aliphatic heterocycles. The van der Waals surface area contributed by atoms with E-state index in [1.54, 1.807) is 6.07 Å². The van der Waals surface area contributed by atoms with Crippen LogP contribution in [0.15, 0.2) is 22.7 Å². The standard InChI is InChI=1S/C13H18BrNO2/c1-13(2)11(6-12(13)17)15-7-8-3-4-10(16)9(14)5-8/h3-5,11-12,15-17H,6-7H2,1-2H3. The number of hydrogen-bond acceptors (Lipinski definition) is 3. The minimum atomic E-state index is -0.202. The quantitative estimate of drug-likeness (QED) is 0.803. The summed E-state index contributed by atoms with van der Waals surface area (Å²) in [5.74, 6) is 0.258. The van der Waals surface area contributed by atoms with Gasteiger partial charge in [0.15, 0.2) is 0 Å². The lowest BCUT2D eigenvalue weighted by molar-refractivity contribution is -0.0729. The Kier molecular flexibility index (Phi) is 3.48. The van der Waals surface area contributed by atoms with Crippen LogP contribution in [0, 0.1) is 5.41 Å². The molecular weight excluding hydrogens is 282 g/mol. The van der Waals surface area contributed by atoms with Crippen LogP contribution in [-0.4, -0.2) is 22.4 Å². The molecule has 17 heavy (non-hydrogen) atoms. The number of halogens is 1. The van der Waals surface area contributed by atoms with Gasteiger partial charge in [-0.2, -0.15) is 0 Å². The molecule has 1 saturated carbocycles. The molecule has 0 saturated heterocycles. The van der Waals surface area contributed by atoms with E-state index in [0.29, 0.717) is 10.5 Å². The highest BCUT2D eigenvalue weighted by molar-refractivity contribution is 9.10. The predicted octanol–water partition coefficient (Wildman–Crippen LogP) is 2.40. The fraction of sp³-hybridized carbons (Fsp3) is 0.538. The molecule has 0 bridgehead atoms. The Morgan fingerprint density at radius 1 is 1.47 bits per heavy atom. The first-order valence-corrected chi connectivity index (χ1v) is 6.59. The number of rotatable bonds is 3. The van der Waals surface area contributed by atoms with Crippen LogP contribution < -0.4 is 5.32 Å². The maximum absolute atomic E-state index is 9.64. The second-order valence-corrected chi connectivity index (χ2v) is 6.15. The molecule has 3 nitrogen and oxygen atoms in total. The monoisotopic (exact) mass is 299 g/mol. The normalized spacial score (nSPS) is 26.6. The van der Waals surface area contributed by atoms with Gasteiger partial charge < -0.3 is 15.5 Å². The minimum Gasteiger partial charge on any atom is -0.507 e. The van der Waals surface area contributed by atoms with Gasteiger partial charge in [-0.15, -0.1) is 0 Å². The second kappa shape index (κ2) is 4.59. The van der Waals surface area contributed by atoms with Crippen molar-refractivity contribution in [3.05, 3.63) is 28.2 Å². The molecule has 0 heterocycles. The zero-order valence-corrected chi connectivity index (χ0v) is 11.7. The second-order valence-electron chi connectivity index (χ2n) is 5.29. The van der Waals surface area contributed by atoms with Crippen LogP contribution in [0.5, 0.6) is 5.75 Å². The Hall–Kier alpha value is -0.580. The summed E-state index contributed by atoms with van der Waals surface area (Å²) in [6.45, 7) is 4.90. The molecular formula is C13H18BrNO2. The average molecular weight is 300 g/mol. The van der Waals surface area contributed by atoms with Gasteiger partial charge in [-0.3, -0.25) is 0 Å². The van der Waals surface area contributed by atoms with Crippen molar-refractivity contribution in [3.8, 4) is 5.75 Å². The van der Waals surface area contributed by atoms with Crippen molar-refractivity contribution < 1.29 is 10.2 Å². The fourth-order valence-electron chi connectivity index (χ4n) is 2.15. The molecule has 0 aromatic heterocycles. The van der Waals surface area contributed by atoms with Crippen LogP contribution in [-0.2, 0) is 6.54 Å². The van der Waals surface area contributed by atoms with Gasteiger partial charge >= 0.3 is 0 Å². The van der Waals surface area contributed by atoms with Gasteiger partial charge in [-0.1, -0.05) is 19.9 Å². The molecule has 0 radical (unpaired) electrons. The third-order valence-corrected chi connectivity index (χ3v) is 4.42. The number of phenolic OH excluding ortho intramolecular Hbond substituents is 1. The van der Waals surface area contributed by atoms with Crippen molar-refractivity contribution in [2.45, 2.75) is 39.0 Å². The third-order valence-electron chi connectivity index (χ3n) is 3.78. The smallest absolute Gasteiger partial charge is 0.129 e. The van der Waals surface area contributed by atoms with Crippen LogP contribution in [0.4, 0.5) is 0 Å². The molecule has 1 aromatic rings. The van der Waals surface area contributed by atoms with Gasteiger partial charge in [0.05, 0.1) is 10.6 Å². The van der Waals surface area contributed by atoms with Gasteiger partial charge in [-0.25, -0.2) is 0 Å². The van der Waals surface area contributed by atoms with E-state index >= 15 is 0 Å². The number of nitrogens with one attached hydrogen (secondary N) is 1. The van der Waals surface area contributed by atoms with E-state index in [4.69, 9.17) is 0 Å². The molecule has 4 heteroatoms. The van der Waals surface area contributed by atoms with Crippen molar-refractivity contribution in [2.24, 2.45) is 5.41 Å². The van der Waals surface area contributed by atoms with Crippen LogP contribution in [0.2, 0.25) is 0 Å². The van der Waals surface area contributed by atoms with Gasteiger partial charge in [0.1, 0.15) is 5.75 Å². The van der Waals surface area contributed by atoms with Gasteiger partial charge in [0.25, 0.3) is 0 Å². The van der Waals surface area contributed by atoms with E-state index < -0.39 is 0 Å². The number of phenols is 1. The molecule has 0 amide bonds. The summed E-state index contributed by atoms with van der Waals surface area (Å²) in [5.41, 5.74) is 1.07. The predicted molar refractivity (Wildman–Crippen MR) is 70.8 cm³/mol. The molecule has 3 N–H and O–H groups in total. The van der Waals surface area contributed by atoms with Crippen molar-refractivity contribution in [1.82, 2.24) is 5.32 Å². The summed E-state index contributed by atoms with van der Waals surface area (Å²) in [4.78, 5) is 0. The Morgan fingerprint density at radius 2 is 2.18 bits per heavy atom. The van der Waals surface area contributed by atoms with Gasteiger partial charge in [0.2, 0.25) is 0 Å². The third kappa shape index (κ3) is 2.49. The lowest BCUT2D eigenvalue weighted by Gasteiger charge is -2.49. The van der Waals surface area contributed by atoms with Gasteiger partial charge in [-0.05, 0) is 40.0 Å². The summed E-state index contributed by atoms with van der Waals surface area (Å²) in [7, 11) is 0. The zero-order valence-electron chi connectivity index (χ0n) is 10.1. The number of aliphatic hydroxyl groups excluding tert-OH is 1. The Bertz CT molecular complexity index is 420. The molecule has 1 aliphatic carbocycles. The Labute approximate surface area is 110 Å². The van der Waals surface area contributed by atoms with E-state index in [0.717, 1.165) is 18.5 Å². The van der Waals surface area contributed by atoms with Crippen LogP contribution >= 0.6 is 15.9 Å². The Morgan fingerprint density at radius 3 is 2.71 bits per heavy atom. The molecule has 1 aromatic carbocycles. The van der Waals surface area contributed by atoms with Crippen molar-refractivity contribution in [2.75, 3.05) is 0 Å². The molecule has 1 fully saturated rings. The number of aliphatic hydroxyl groups is 1. The molecule has 2 rings (SSSR count). The van der Waals surface area contributed by atoms with E-state index in [9.17, 15) is 10.2 Å². The summed E-state index contributed by atoms with van der Waals surface area (Å²) >= 11 is 3.30. The highest BCUT2D eigenvalue weighted by Gasteiger charge is 2.46. The first kappa shape index (κ1) is 12.9. The SMILES string of the molecule is CC1(C)C(O)CC1NCc1ccc(O)c(Br)c1. The number of hydrogen-bond donors (Lipinski definition) is 3. The minimum absolute atomic E-state index is 0.0475. The first-order valence-electron chi connectivity index (χ1n) is 5.80. The highest BCUT2D eigenvalue weighted by Crippen LogP contribution is 2.40. The fourth-order valence-corrected chi connectivity index (χ4v) is 2.58. The van der Waals surface area contributed by atoms with E-state index in [1.165, 1.54) is 0 Å². The van der Waals surface area contributed by atoms with Crippen LogP contribution in [0.25, 0.3) is 0 Å². The first-order chi connectivity index (χ1) is 7.91. The van der Waals surface area contributed by atoms with Crippen LogP contribution in [0.1, 0.15) is 25.8 Å². The summed E-state index contributed by atoms with van der Waals surface area (Å²) < 4.78 is 0.713. The summed E-state index contributed by atoms with van der Waals surface area (Å²) in [5, 5.41) is 22.5. The maximum atomic E-state index is 9.64. The molecule has 1 aliphatic rings. The molecule has 0 spiro atoms. The van der Waals surface area contributed by atoms with Gasteiger partial charge in [0, 0.05) is 18.0 Å². The Balaban J connectivity index is 1.93. The topological polar surface area (TPSA) is 52.5 Å². The zero-order chi connectivity index (χ0) is 12.6. The lowest BCUT2D eigenvalue weighted by Crippen LogP contribution is -2.59. The molecule has 94 valence electrons. The average Bonchev–Trinajstić information content (AvgIpc) is 2.28. The van der Waals surface area contributed by atoms with Crippen LogP contribution in [0.3, 0.4) is 0 Å². The van der Waals surface area contributed by atoms with E-state index in [1.807, 2.05) is 12.1 Å². The summed E-state index contributed by atoms with van der Waals surface area (Å²) in [6, 6.07) is 5.84. The van der Waals surface area contributed by atoms with E-state index in [2.05, 4.69) is 35.1 Å². The van der Waals surface area contributed by atoms with Crippen molar-refractivity contribution in [1.29, 1.82) is 0 Å². The highest BCUT2D eigenvalue weighted by atomic mass is 79.9. The lowest BCUT2D eigenvalue weighted by atomic mass is 9.64.